The molecule has 1 unspecified atom stereocenters. The number of hydrogen-bond acceptors (Lipinski definition) is 4. The quantitative estimate of drug-likeness (QED) is 0.697. The number of hydrogen-bond donors (Lipinski definition) is 1. The topological polar surface area (TPSA) is 75.7 Å². The van der Waals surface area contributed by atoms with Gasteiger partial charge in [-0.25, -0.2) is 8.42 Å². The molecule has 4 bridgehead atoms. The molecule has 4 aliphatic carbocycles. The van der Waals surface area contributed by atoms with Crippen molar-refractivity contribution in [3.63, 3.8) is 0 Å². The SMILES string of the molecule is COc1ccc(S(=O)(=O)N2CCCCC2CNC(=O)[C@@]23C[C@@H]4C[C@@H](C[C@@](C)(C4)C2)C3)cc1. The van der Waals surface area contributed by atoms with E-state index in [4.69, 9.17) is 4.74 Å². The number of carbonyl (C=O) groups is 1. The van der Waals surface area contributed by atoms with E-state index in [-0.39, 0.29) is 22.3 Å². The maximum absolute atomic E-state index is 13.5. The normalized spacial score (nSPS) is 36.8. The molecule has 5 aliphatic rings. The number of piperidine rings is 1. The fourth-order valence-electron chi connectivity index (χ4n) is 7.76. The second-order valence-electron chi connectivity index (χ2n) is 11.2. The summed E-state index contributed by atoms with van der Waals surface area (Å²) in [6, 6.07) is 6.38. The van der Waals surface area contributed by atoms with E-state index < -0.39 is 10.0 Å². The van der Waals surface area contributed by atoms with Crippen LogP contribution in [0.5, 0.6) is 5.75 Å². The van der Waals surface area contributed by atoms with Gasteiger partial charge in [0.05, 0.1) is 17.4 Å². The first-order chi connectivity index (χ1) is 15.2. The zero-order valence-electron chi connectivity index (χ0n) is 19.3. The molecule has 1 aromatic rings. The second kappa shape index (κ2) is 8.01. The van der Waals surface area contributed by atoms with Crippen molar-refractivity contribution in [2.24, 2.45) is 22.7 Å². The van der Waals surface area contributed by atoms with E-state index in [1.807, 2.05) is 0 Å². The highest BCUT2D eigenvalue weighted by molar-refractivity contribution is 7.89. The zero-order chi connectivity index (χ0) is 22.6. The highest BCUT2D eigenvalue weighted by Crippen LogP contribution is 2.65. The Bertz CT molecular complexity index is 960. The molecule has 6 nitrogen and oxygen atoms in total. The summed E-state index contributed by atoms with van der Waals surface area (Å²) in [6.45, 7) is 3.28. The summed E-state index contributed by atoms with van der Waals surface area (Å²) in [5.74, 6) is 2.18. The molecule has 1 N–H and O–H groups in total. The van der Waals surface area contributed by atoms with E-state index in [0.717, 1.165) is 38.5 Å². The largest absolute Gasteiger partial charge is 0.497 e. The number of ether oxygens (including phenoxy) is 1. The molecule has 1 saturated heterocycles. The molecule has 1 aliphatic heterocycles. The molecule has 32 heavy (non-hydrogen) atoms. The lowest BCUT2D eigenvalue weighted by molar-refractivity contribution is -0.155. The van der Waals surface area contributed by atoms with Crippen molar-refractivity contribution < 1.29 is 17.9 Å². The van der Waals surface area contributed by atoms with Gasteiger partial charge in [0, 0.05) is 19.1 Å². The van der Waals surface area contributed by atoms with Gasteiger partial charge >= 0.3 is 0 Å². The first kappa shape index (κ1) is 22.2. The molecule has 1 amide bonds. The average molecular weight is 461 g/mol. The summed E-state index contributed by atoms with van der Waals surface area (Å²) in [6.07, 6.45) is 9.50. The third kappa shape index (κ3) is 3.85. The predicted molar refractivity (Wildman–Crippen MR) is 123 cm³/mol. The molecular formula is C25H36N2O4S. The third-order valence-electron chi connectivity index (χ3n) is 8.57. The van der Waals surface area contributed by atoms with Crippen molar-refractivity contribution >= 4 is 15.9 Å². The molecule has 6 rings (SSSR count). The molecule has 176 valence electrons. The van der Waals surface area contributed by atoms with Crippen LogP contribution in [0.3, 0.4) is 0 Å². The number of carbonyl (C=O) groups excluding carboxylic acids is 1. The van der Waals surface area contributed by atoms with Gasteiger partial charge in [-0.2, -0.15) is 4.31 Å². The fraction of sp³-hybridized carbons (Fsp3) is 0.720. The number of sulfonamides is 1. The van der Waals surface area contributed by atoms with Gasteiger partial charge in [0.1, 0.15) is 5.75 Å². The monoisotopic (exact) mass is 460 g/mol. The Labute approximate surface area is 192 Å². The van der Waals surface area contributed by atoms with Crippen LogP contribution in [0.2, 0.25) is 0 Å². The van der Waals surface area contributed by atoms with Gasteiger partial charge in [0.25, 0.3) is 0 Å². The van der Waals surface area contributed by atoms with Crippen LogP contribution in [-0.2, 0) is 14.8 Å². The maximum Gasteiger partial charge on any atom is 0.243 e. The number of methoxy groups -OCH3 is 1. The van der Waals surface area contributed by atoms with Crippen LogP contribution >= 0.6 is 0 Å². The summed E-state index contributed by atoms with van der Waals surface area (Å²) in [5.41, 5.74) is 0.0865. The molecule has 1 heterocycles. The lowest BCUT2D eigenvalue weighted by Gasteiger charge is -2.60. The van der Waals surface area contributed by atoms with Gasteiger partial charge in [-0.3, -0.25) is 4.79 Å². The summed E-state index contributed by atoms with van der Waals surface area (Å²) < 4.78 is 33.5. The lowest BCUT2D eigenvalue weighted by atomic mass is 9.44. The Balaban J connectivity index is 1.29. The van der Waals surface area contributed by atoms with Gasteiger partial charge in [-0.15, -0.1) is 0 Å². The third-order valence-corrected chi connectivity index (χ3v) is 10.5. The lowest BCUT2D eigenvalue weighted by Crippen LogP contribution is -2.58. The van der Waals surface area contributed by atoms with Crippen LogP contribution in [0.1, 0.15) is 64.7 Å². The van der Waals surface area contributed by atoms with Crippen LogP contribution in [-0.4, -0.2) is 44.9 Å². The van der Waals surface area contributed by atoms with E-state index in [9.17, 15) is 13.2 Å². The second-order valence-corrected chi connectivity index (χ2v) is 13.1. The predicted octanol–water partition coefficient (Wildman–Crippen LogP) is 3.96. The van der Waals surface area contributed by atoms with E-state index in [1.165, 1.54) is 19.3 Å². The smallest absolute Gasteiger partial charge is 0.243 e. The van der Waals surface area contributed by atoms with Crippen molar-refractivity contribution in [2.75, 3.05) is 20.2 Å². The number of rotatable bonds is 6. The first-order valence-electron chi connectivity index (χ1n) is 12.2. The molecule has 5 fully saturated rings. The summed E-state index contributed by atoms with van der Waals surface area (Å²) in [7, 11) is -2.05. The molecule has 5 atom stereocenters. The standard InChI is InChI=1S/C25H36N2O4S/c1-24-12-18-11-19(13-24)15-25(14-18,17-24)23(28)26-16-20-5-3-4-10-27(20)32(29,30)22-8-6-21(31-2)7-9-22/h6-9,18-20H,3-5,10-17H2,1-2H3,(H,26,28)/t18-,19+,20?,24-,25-. The Morgan fingerprint density at radius 1 is 1.12 bits per heavy atom. The fourth-order valence-corrected chi connectivity index (χ4v) is 9.45. The van der Waals surface area contributed by atoms with E-state index in [0.29, 0.717) is 36.1 Å². The van der Waals surface area contributed by atoms with Crippen LogP contribution in [0.4, 0.5) is 0 Å². The molecule has 7 heteroatoms. The van der Waals surface area contributed by atoms with E-state index in [1.54, 1.807) is 35.7 Å². The van der Waals surface area contributed by atoms with E-state index in [2.05, 4.69) is 12.2 Å². The highest BCUT2D eigenvalue weighted by atomic mass is 32.2. The van der Waals surface area contributed by atoms with Crippen molar-refractivity contribution in [3.8, 4) is 5.75 Å². The van der Waals surface area contributed by atoms with E-state index >= 15 is 0 Å². The van der Waals surface area contributed by atoms with Gasteiger partial charge in [-0.05, 0) is 92.9 Å². The number of benzene rings is 1. The number of nitrogens with one attached hydrogen (secondary N) is 1. The van der Waals surface area contributed by atoms with Crippen molar-refractivity contribution in [3.05, 3.63) is 24.3 Å². The summed E-state index contributed by atoms with van der Waals surface area (Å²) in [4.78, 5) is 13.8. The van der Waals surface area contributed by atoms with Gasteiger partial charge in [-0.1, -0.05) is 13.3 Å². The zero-order valence-corrected chi connectivity index (χ0v) is 20.1. The van der Waals surface area contributed by atoms with Gasteiger partial charge < -0.3 is 10.1 Å². The molecule has 0 aromatic heterocycles. The van der Waals surface area contributed by atoms with Crippen molar-refractivity contribution in [1.29, 1.82) is 0 Å². The molecule has 0 spiro atoms. The first-order valence-corrected chi connectivity index (χ1v) is 13.6. The minimum atomic E-state index is -3.61. The molecule has 0 radical (unpaired) electrons. The summed E-state index contributed by atoms with van der Waals surface area (Å²) >= 11 is 0. The molecule has 4 saturated carbocycles. The Morgan fingerprint density at radius 3 is 2.44 bits per heavy atom. The van der Waals surface area contributed by atoms with Crippen molar-refractivity contribution in [1.82, 2.24) is 9.62 Å². The minimum absolute atomic E-state index is 0.171. The van der Waals surface area contributed by atoms with Gasteiger partial charge in [0.15, 0.2) is 0 Å². The maximum atomic E-state index is 13.5. The van der Waals surface area contributed by atoms with Crippen LogP contribution in [0, 0.1) is 22.7 Å². The molecular weight excluding hydrogens is 424 g/mol. The summed E-state index contributed by atoms with van der Waals surface area (Å²) in [5, 5.41) is 3.23. The number of nitrogens with zero attached hydrogens (tertiary/aromatic N) is 1. The Hall–Kier alpha value is -1.60. The highest BCUT2D eigenvalue weighted by Gasteiger charge is 2.58. The van der Waals surface area contributed by atoms with Crippen LogP contribution in [0.15, 0.2) is 29.2 Å². The van der Waals surface area contributed by atoms with Crippen molar-refractivity contribution in [2.45, 2.75) is 75.6 Å². The molecule has 1 aromatic carbocycles. The average Bonchev–Trinajstić information content (AvgIpc) is 2.76. The van der Waals surface area contributed by atoms with Gasteiger partial charge in [0.2, 0.25) is 15.9 Å². The van der Waals surface area contributed by atoms with Crippen LogP contribution in [0.25, 0.3) is 0 Å². The number of amides is 1. The Kier molecular flexibility index (Phi) is 5.56. The Morgan fingerprint density at radius 2 is 1.81 bits per heavy atom. The minimum Gasteiger partial charge on any atom is -0.497 e. The van der Waals surface area contributed by atoms with Crippen LogP contribution < -0.4 is 10.1 Å².